The summed E-state index contributed by atoms with van der Waals surface area (Å²) >= 11 is 0. The highest BCUT2D eigenvalue weighted by molar-refractivity contribution is 6.20. The Hall–Kier alpha value is -1.59. The Bertz CT molecular complexity index is 1050. The van der Waals surface area contributed by atoms with Gasteiger partial charge >= 0.3 is 0 Å². The minimum atomic E-state index is -1.18. The fourth-order valence-corrected chi connectivity index (χ4v) is 9.62. The molecule has 0 aromatic rings. The first-order valence-corrected chi connectivity index (χ1v) is 16.9. The lowest BCUT2D eigenvalue weighted by atomic mass is 9.64. The normalized spacial score (nSPS) is 42.9. The number of rotatable bonds is 6. The summed E-state index contributed by atoms with van der Waals surface area (Å²) in [6, 6.07) is -0.418. The first kappa shape index (κ1) is 29.1. The predicted octanol–water partition coefficient (Wildman–Crippen LogP) is 1.37. The molecule has 0 bridgehead atoms. The Kier molecular flexibility index (Phi) is 8.37. The number of morpholine rings is 1. The third-order valence-electron chi connectivity index (χ3n) is 11.9. The second-order valence-corrected chi connectivity index (χ2v) is 14.5. The summed E-state index contributed by atoms with van der Waals surface area (Å²) in [5.74, 6) is 0.269. The molecule has 0 radical (unpaired) electrons. The molecule has 234 valence electrons. The van der Waals surface area contributed by atoms with E-state index in [1.54, 1.807) is 0 Å². The second-order valence-electron chi connectivity index (χ2n) is 14.5. The van der Waals surface area contributed by atoms with E-state index in [2.05, 4.69) is 32.0 Å². The molecule has 9 nitrogen and oxygen atoms in total. The number of nitrogens with zero attached hydrogens (tertiary/aromatic N) is 4. The number of amides is 1. The number of ether oxygens (including phenoxy) is 1. The molecule has 4 heterocycles. The molecule has 3 saturated carbocycles. The van der Waals surface area contributed by atoms with Crippen LogP contribution in [0.15, 0.2) is 11.8 Å². The van der Waals surface area contributed by atoms with Crippen LogP contribution in [0.5, 0.6) is 0 Å². The molecule has 3 N–H and O–H groups in total. The van der Waals surface area contributed by atoms with Gasteiger partial charge in [-0.2, -0.15) is 0 Å². The number of carbonyl (C=O) groups excluding carboxylic acids is 2. The number of carbonyl (C=O) groups is 2. The maximum atomic E-state index is 16.2. The number of likely N-dealkylation sites (tertiary alicyclic amines) is 1. The van der Waals surface area contributed by atoms with Crippen LogP contribution in [0, 0.1) is 17.8 Å². The summed E-state index contributed by atoms with van der Waals surface area (Å²) < 4.78 is 23.1. The standard InChI is InChI=1S/C32H51FN6O3/c1-36-11-13-37(14-12-36)9-4-8-35-32(41)24-19-39-26-15-20-5-2-3-6-21(20)16-27(26)42-31-28(39)23(30(24)40)17-25(33)29(31)38-10-7-22(34)18-38/h19-23,25-29,31H,2-18,34H2,1H3,(H,35,41)/t20?,21?,22-,23?,25?,26?,27?,28?,29?,31?/m1/s1. The summed E-state index contributed by atoms with van der Waals surface area (Å²) in [6.07, 6.45) is 9.28. The van der Waals surface area contributed by atoms with Crippen molar-refractivity contribution in [3.05, 3.63) is 11.8 Å². The van der Waals surface area contributed by atoms with Crippen LogP contribution in [-0.2, 0) is 14.3 Å². The second kappa shape index (κ2) is 12.1. The van der Waals surface area contributed by atoms with Gasteiger partial charge in [0.05, 0.1) is 35.9 Å². The molecule has 10 atom stereocenters. The fraction of sp³-hybridized carbons (Fsp3) is 0.875. The molecule has 6 fully saturated rings. The number of likely N-dealkylation sites (N-methyl/N-ethyl adjacent to an activating group) is 1. The van der Waals surface area contributed by atoms with Crippen molar-refractivity contribution in [1.29, 1.82) is 0 Å². The molecular weight excluding hydrogens is 535 g/mol. The first-order valence-electron chi connectivity index (χ1n) is 16.9. The summed E-state index contributed by atoms with van der Waals surface area (Å²) in [5.41, 5.74) is 6.48. The van der Waals surface area contributed by atoms with E-state index in [-0.39, 0.29) is 54.0 Å². The molecule has 1 amide bonds. The van der Waals surface area contributed by atoms with E-state index in [0.29, 0.717) is 24.9 Å². The van der Waals surface area contributed by atoms with Gasteiger partial charge in [0, 0.05) is 64.0 Å². The number of fused-ring (bicyclic) bond motifs is 3. The van der Waals surface area contributed by atoms with Gasteiger partial charge in [-0.15, -0.1) is 0 Å². The van der Waals surface area contributed by atoms with Crippen molar-refractivity contribution >= 4 is 11.7 Å². The quantitative estimate of drug-likeness (QED) is 0.356. The Labute approximate surface area is 250 Å². The average Bonchev–Trinajstić information content (AvgIpc) is 3.41. The monoisotopic (exact) mass is 586 g/mol. The average molecular weight is 587 g/mol. The minimum absolute atomic E-state index is 0.00711. The van der Waals surface area contributed by atoms with E-state index >= 15 is 4.39 Å². The summed E-state index contributed by atoms with van der Waals surface area (Å²) in [5, 5.41) is 3.05. The van der Waals surface area contributed by atoms with Crippen LogP contribution < -0.4 is 11.1 Å². The molecule has 7 aliphatic rings. The number of hydrogen-bond acceptors (Lipinski definition) is 8. The van der Waals surface area contributed by atoms with Crippen molar-refractivity contribution in [3.63, 3.8) is 0 Å². The van der Waals surface area contributed by atoms with Crippen LogP contribution in [0.3, 0.4) is 0 Å². The molecule has 4 aliphatic heterocycles. The third-order valence-corrected chi connectivity index (χ3v) is 11.9. The first-order chi connectivity index (χ1) is 20.4. The van der Waals surface area contributed by atoms with Crippen molar-refractivity contribution in [3.8, 4) is 0 Å². The van der Waals surface area contributed by atoms with Gasteiger partial charge in [-0.1, -0.05) is 25.7 Å². The molecule has 0 spiro atoms. The predicted molar refractivity (Wildman–Crippen MR) is 158 cm³/mol. The Balaban J connectivity index is 1.11. The lowest BCUT2D eigenvalue weighted by Crippen LogP contribution is -2.73. The van der Waals surface area contributed by atoms with Crippen LogP contribution in [-0.4, -0.2) is 133 Å². The summed E-state index contributed by atoms with van der Waals surface area (Å²) in [6.45, 7) is 7.16. The number of nitrogens with one attached hydrogen (secondary N) is 1. The number of Topliss-reactive ketones (excluding diaryl/α,β-unsaturated/α-hetero) is 1. The molecule has 42 heavy (non-hydrogen) atoms. The summed E-state index contributed by atoms with van der Waals surface area (Å²) in [4.78, 5) is 36.8. The minimum Gasteiger partial charge on any atom is -0.369 e. The number of hydrogen-bond donors (Lipinski definition) is 2. The van der Waals surface area contributed by atoms with E-state index in [4.69, 9.17) is 10.5 Å². The zero-order valence-corrected chi connectivity index (χ0v) is 25.3. The highest BCUT2D eigenvalue weighted by Gasteiger charge is 2.60. The van der Waals surface area contributed by atoms with Crippen LogP contribution in [0.1, 0.15) is 57.8 Å². The van der Waals surface area contributed by atoms with Gasteiger partial charge in [0.1, 0.15) is 6.17 Å². The SMILES string of the molecule is CN1CCN(CCCNC(=O)C2=CN3C4CC5CCCCC5CC4OC4C(N5CC[C@@H](N)C5)C(F)CC(C2=O)C43)CC1. The van der Waals surface area contributed by atoms with E-state index in [1.165, 1.54) is 25.7 Å². The number of nitrogens with two attached hydrogens (primary N) is 1. The van der Waals surface area contributed by atoms with Crippen molar-refractivity contribution in [2.24, 2.45) is 23.5 Å². The van der Waals surface area contributed by atoms with Crippen molar-refractivity contribution < 1.29 is 18.7 Å². The lowest BCUT2D eigenvalue weighted by molar-refractivity contribution is -0.219. The van der Waals surface area contributed by atoms with Crippen LogP contribution >= 0.6 is 0 Å². The zero-order valence-electron chi connectivity index (χ0n) is 25.3. The van der Waals surface area contributed by atoms with E-state index in [0.717, 1.165) is 65.0 Å². The molecule has 0 aromatic carbocycles. The van der Waals surface area contributed by atoms with Gasteiger partial charge in [0.15, 0.2) is 5.78 Å². The lowest BCUT2D eigenvalue weighted by Gasteiger charge is -2.61. The zero-order chi connectivity index (χ0) is 29.0. The van der Waals surface area contributed by atoms with E-state index in [9.17, 15) is 9.59 Å². The largest absolute Gasteiger partial charge is 0.369 e. The van der Waals surface area contributed by atoms with Crippen molar-refractivity contribution in [1.82, 2.24) is 24.9 Å². The van der Waals surface area contributed by atoms with E-state index < -0.39 is 18.1 Å². The van der Waals surface area contributed by atoms with Gasteiger partial charge in [0.25, 0.3) is 5.91 Å². The maximum absolute atomic E-state index is 16.2. The molecule has 3 saturated heterocycles. The smallest absolute Gasteiger partial charge is 0.256 e. The molecule has 7 rings (SSSR count). The molecular formula is C32H51FN6O3. The molecule has 3 aliphatic carbocycles. The Morgan fingerprint density at radius 2 is 1.81 bits per heavy atom. The van der Waals surface area contributed by atoms with Gasteiger partial charge in [-0.05, 0) is 57.5 Å². The number of ketones is 1. The number of alkyl halides is 1. The van der Waals surface area contributed by atoms with Gasteiger partial charge < -0.3 is 30.5 Å². The van der Waals surface area contributed by atoms with Gasteiger partial charge in [0.2, 0.25) is 0 Å². The third kappa shape index (κ3) is 5.44. The maximum Gasteiger partial charge on any atom is 0.256 e. The topological polar surface area (TPSA) is 94.4 Å². The highest BCUT2D eigenvalue weighted by atomic mass is 19.1. The molecule has 10 heteroatoms. The fourth-order valence-electron chi connectivity index (χ4n) is 9.62. The van der Waals surface area contributed by atoms with Crippen molar-refractivity contribution in [2.45, 2.75) is 100 Å². The van der Waals surface area contributed by atoms with Gasteiger partial charge in [-0.3, -0.25) is 14.5 Å². The number of piperazine rings is 1. The van der Waals surface area contributed by atoms with E-state index in [1.807, 2.05) is 6.20 Å². The molecule has 0 aromatic heterocycles. The van der Waals surface area contributed by atoms with Crippen LogP contribution in [0.4, 0.5) is 4.39 Å². The Morgan fingerprint density at radius 3 is 2.55 bits per heavy atom. The number of halogens is 1. The van der Waals surface area contributed by atoms with Crippen LogP contribution in [0.25, 0.3) is 0 Å². The van der Waals surface area contributed by atoms with Crippen LogP contribution in [0.2, 0.25) is 0 Å². The Morgan fingerprint density at radius 1 is 1.05 bits per heavy atom. The summed E-state index contributed by atoms with van der Waals surface area (Å²) in [7, 11) is 2.15. The highest BCUT2D eigenvalue weighted by Crippen LogP contribution is 2.50. The van der Waals surface area contributed by atoms with Gasteiger partial charge in [-0.25, -0.2) is 4.39 Å². The van der Waals surface area contributed by atoms with Crippen molar-refractivity contribution in [2.75, 3.05) is 59.4 Å². The molecule has 9 unspecified atom stereocenters.